The fourth-order valence-electron chi connectivity index (χ4n) is 2.20. The number of rotatable bonds is 8. The van der Waals surface area contributed by atoms with Crippen LogP contribution >= 0.6 is 0 Å². The van der Waals surface area contributed by atoms with Gasteiger partial charge in [0.1, 0.15) is 11.9 Å². The molecular weight excluding hydrogens is 290 g/mol. The molecule has 23 heavy (non-hydrogen) atoms. The molecule has 2 aromatic carbocycles. The largest absolute Gasteiger partial charge is 0.493 e. The molecule has 0 fully saturated rings. The van der Waals surface area contributed by atoms with Gasteiger partial charge in [-0.1, -0.05) is 24.3 Å². The molecule has 0 aliphatic carbocycles. The summed E-state index contributed by atoms with van der Waals surface area (Å²) in [5.74, 6) is 2.34. The summed E-state index contributed by atoms with van der Waals surface area (Å²) in [4.78, 5) is 0. The van der Waals surface area contributed by atoms with E-state index >= 15 is 0 Å². The van der Waals surface area contributed by atoms with Crippen LogP contribution in [0.2, 0.25) is 0 Å². The molecule has 0 bridgehead atoms. The van der Waals surface area contributed by atoms with Crippen LogP contribution in [-0.2, 0) is 0 Å². The molecule has 1 unspecified atom stereocenters. The standard InChI is InChI=1S/C19H25NO3/c1-14(2)22-17-10-6-5-9-16(17)20-13-15(3)23-19-12-8-7-11-18(19)21-4/h5-12,14-15,20H,13H2,1-4H3. The van der Waals surface area contributed by atoms with Gasteiger partial charge >= 0.3 is 0 Å². The minimum Gasteiger partial charge on any atom is -0.493 e. The molecule has 0 saturated carbocycles. The number of ether oxygens (including phenoxy) is 3. The molecule has 4 nitrogen and oxygen atoms in total. The van der Waals surface area contributed by atoms with Crippen molar-refractivity contribution >= 4 is 5.69 Å². The average molecular weight is 315 g/mol. The first-order valence-corrected chi connectivity index (χ1v) is 7.89. The molecule has 124 valence electrons. The SMILES string of the molecule is COc1ccccc1OC(C)CNc1ccccc1OC(C)C. The van der Waals surface area contributed by atoms with Gasteiger partial charge in [-0.2, -0.15) is 0 Å². The van der Waals surface area contributed by atoms with Gasteiger partial charge in [0.25, 0.3) is 0 Å². The molecular formula is C19H25NO3. The number of nitrogens with one attached hydrogen (secondary N) is 1. The first kappa shape index (κ1) is 17.0. The lowest BCUT2D eigenvalue weighted by atomic mass is 10.2. The molecule has 0 amide bonds. The minimum atomic E-state index is -0.0154. The first-order valence-electron chi connectivity index (χ1n) is 7.89. The first-order chi connectivity index (χ1) is 11.1. The molecule has 2 aromatic rings. The molecule has 1 atom stereocenters. The summed E-state index contributed by atoms with van der Waals surface area (Å²) < 4.78 is 17.1. The van der Waals surface area contributed by atoms with E-state index in [1.807, 2.05) is 69.3 Å². The summed E-state index contributed by atoms with van der Waals surface area (Å²) in [6, 6.07) is 15.6. The number of anilines is 1. The Morgan fingerprint density at radius 3 is 2.09 bits per heavy atom. The molecule has 0 spiro atoms. The van der Waals surface area contributed by atoms with Crippen molar-refractivity contribution in [1.29, 1.82) is 0 Å². The lowest BCUT2D eigenvalue weighted by Crippen LogP contribution is -2.23. The van der Waals surface area contributed by atoms with Crippen molar-refractivity contribution in [3.63, 3.8) is 0 Å². The van der Waals surface area contributed by atoms with Crippen molar-refractivity contribution in [2.75, 3.05) is 19.0 Å². The Balaban J connectivity index is 1.95. The van der Waals surface area contributed by atoms with Crippen molar-refractivity contribution in [3.05, 3.63) is 48.5 Å². The topological polar surface area (TPSA) is 39.7 Å². The third kappa shape index (κ3) is 5.09. The Morgan fingerprint density at radius 2 is 1.43 bits per heavy atom. The normalized spacial score (nSPS) is 11.9. The third-order valence-corrected chi connectivity index (χ3v) is 3.23. The van der Waals surface area contributed by atoms with E-state index in [9.17, 15) is 0 Å². The van der Waals surface area contributed by atoms with Gasteiger partial charge in [-0.3, -0.25) is 0 Å². The molecule has 4 heteroatoms. The van der Waals surface area contributed by atoms with Crippen molar-refractivity contribution < 1.29 is 14.2 Å². The van der Waals surface area contributed by atoms with E-state index < -0.39 is 0 Å². The predicted molar refractivity (Wildman–Crippen MR) is 93.8 cm³/mol. The van der Waals surface area contributed by atoms with Crippen LogP contribution in [0.1, 0.15) is 20.8 Å². The fraction of sp³-hybridized carbons (Fsp3) is 0.368. The molecule has 0 radical (unpaired) electrons. The Morgan fingerprint density at radius 1 is 0.826 bits per heavy atom. The lowest BCUT2D eigenvalue weighted by molar-refractivity contribution is 0.222. The Hall–Kier alpha value is -2.36. The summed E-state index contributed by atoms with van der Waals surface area (Å²) in [5.41, 5.74) is 0.969. The number of hydrogen-bond acceptors (Lipinski definition) is 4. The molecule has 0 aliphatic heterocycles. The molecule has 0 aliphatic rings. The second kappa shape index (κ2) is 8.32. The van der Waals surface area contributed by atoms with Crippen LogP contribution in [0.25, 0.3) is 0 Å². The van der Waals surface area contributed by atoms with Gasteiger partial charge in [0.05, 0.1) is 25.4 Å². The average Bonchev–Trinajstić information content (AvgIpc) is 2.54. The van der Waals surface area contributed by atoms with Gasteiger partial charge in [-0.25, -0.2) is 0 Å². The monoisotopic (exact) mass is 315 g/mol. The highest BCUT2D eigenvalue weighted by Crippen LogP contribution is 2.28. The van der Waals surface area contributed by atoms with Crippen molar-refractivity contribution in [2.24, 2.45) is 0 Å². The van der Waals surface area contributed by atoms with E-state index in [2.05, 4.69) is 5.32 Å². The Bertz CT molecular complexity index is 613. The van der Waals surface area contributed by atoms with E-state index in [-0.39, 0.29) is 12.2 Å². The second-order valence-electron chi connectivity index (χ2n) is 5.62. The number of methoxy groups -OCH3 is 1. The van der Waals surface area contributed by atoms with Crippen molar-refractivity contribution in [2.45, 2.75) is 33.0 Å². The number of para-hydroxylation sites is 4. The van der Waals surface area contributed by atoms with Gasteiger partial charge in [0, 0.05) is 0 Å². The van der Waals surface area contributed by atoms with Crippen LogP contribution in [0.4, 0.5) is 5.69 Å². The van der Waals surface area contributed by atoms with E-state index in [1.165, 1.54) is 0 Å². The second-order valence-corrected chi connectivity index (χ2v) is 5.62. The van der Waals surface area contributed by atoms with Crippen LogP contribution in [0.5, 0.6) is 17.2 Å². The molecule has 0 saturated heterocycles. The maximum absolute atomic E-state index is 5.95. The maximum Gasteiger partial charge on any atom is 0.161 e. The van der Waals surface area contributed by atoms with Crippen molar-refractivity contribution in [1.82, 2.24) is 0 Å². The summed E-state index contributed by atoms with van der Waals surface area (Å²) in [5, 5.41) is 3.39. The van der Waals surface area contributed by atoms with E-state index in [0.29, 0.717) is 6.54 Å². The highest BCUT2D eigenvalue weighted by molar-refractivity contribution is 5.56. The van der Waals surface area contributed by atoms with Crippen LogP contribution in [-0.4, -0.2) is 25.9 Å². The van der Waals surface area contributed by atoms with Crippen molar-refractivity contribution in [3.8, 4) is 17.2 Å². The summed E-state index contributed by atoms with van der Waals surface area (Å²) in [7, 11) is 1.64. The van der Waals surface area contributed by atoms with Gasteiger partial charge in [-0.05, 0) is 45.0 Å². The third-order valence-electron chi connectivity index (χ3n) is 3.23. The predicted octanol–water partition coefficient (Wildman–Crippen LogP) is 4.36. The zero-order valence-corrected chi connectivity index (χ0v) is 14.2. The summed E-state index contributed by atoms with van der Waals surface area (Å²) in [6.07, 6.45) is 0.124. The van der Waals surface area contributed by atoms with E-state index in [4.69, 9.17) is 14.2 Å². The zero-order chi connectivity index (χ0) is 16.7. The molecule has 0 heterocycles. The van der Waals surface area contributed by atoms with Gasteiger partial charge in [-0.15, -0.1) is 0 Å². The summed E-state index contributed by atoms with van der Waals surface area (Å²) >= 11 is 0. The maximum atomic E-state index is 5.95. The Labute approximate surface area is 138 Å². The van der Waals surface area contributed by atoms with Gasteiger partial charge in [0.2, 0.25) is 0 Å². The van der Waals surface area contributed by atoms with Crippen LogP contribution < -0.4 is 19.5 Å². The van der Waals surface area contributed by atoms with E-state index in [1.54, 1.807) is 7.11 Å². The van der Waals surface area contributed by atoms with Gasteiger partial charge < -0.3 is 19.5 Å². The fourth-order valence-corrected chi connectivity index (χ4v) is 2.20. The molecule has 2 rings (SSSR count). The van der Waals surface area contributed by atoms with Crippen LogP contribution in [0.15, 0.2) is 48.5 Å². The molecule has 1 N–H and O–H groups in total. The van der Waals surface area contributed by atoms with Gasteiger partial charge in [0.15, 0.2) is 11.5 Å². The summed E-state index contributed by atoms with van der Waals surface area (Å²) in [6.45, 7) is 6.72. The van der Waals surface area contributed by atoms with E-state index in [0.717, 1.165) is 22.9 Å². The number of benzene rings is 2. The van der Waals surface area contributed by atoms with Crippen LogP contribution in [0.3, 0.4) is 0 Å². The number of hydrogen-bond donors (Lipinski definition) is 1. The lowest BCUT2D eigenvalue weighted by Gasteiger charge is -2.20. The highest BCUT2D eigenvalue weighted by Gasteiger charge is 2.10. The Kier molecular flexibility index (Phi) is 6.15. The smallest absolute Gasteiger partial charge is 0.161 e. The quantitative estimate of drug-likeness (QED) is 0.785. The highest BCUT2D eigenvalue weighted by atomic mass is 16.5. The zero-order valence-electron chi connectivity index (χ0n) is 14.2. The minimum absolute atomic E-state index is 0.0154. The molecule has 0 aromatic heterocycles. The van der Waals surface area contributed by atoms with Crippen LogP contribution in [0, 0.1) is 0 Å².